The minimum Gasteiger partial charge on any atom is -0.398 e. The summed E-state index contributed by atoms with van der Waals surface area (Å²) in [5, 5.41) is 3.20. The number of carbonyl (C=O) groups excluding carboxylic acids is 1. The third-order valence-corrected chi connectivity index (χ3v) is 5.67. The Morgan fingerprint density at radius 2 is 2.14 bits per heavy atom. The molecule has 1 aliphatic rings. The quantitative estimate of drug-likeness (QED) is 0.660. The van der Waals surface area contributed by atoms with Crippen LogP contribution < -0.4 is 11.1 Å². The predicted octanol–water partition coefficient (Wildman–Crippen LogP) is 3.61. The number of anilines is 1. The molecular formula is C17H26N2OS. The van der Waals surface area contributed by atoms with Crippen molar-refractivity contribution in [1.29, 1.82) is 0 Å². The molecule has 1 aromatic carbocycles. The van der Waals surface area contributed by atoms with E-state index in [9.17, 15) is 4.79 Å². The van der Waals surface area contributed by atoms with Crippen LogP contribution in [-0.4, -0.2) is 17.7 Å². The summed E-state index contributed by atoms with van der Waals surface area (Å²) in [5.41, 5.74) is 7.88. The van der Waals surface area contributed by atoms with Crippen molar-refractivity contribution < 1.29 is 4.79 Å². The van der Waals surface area contributed by atoms with Gasteiger partial charge in [-0.15, -0.1) is 11.8 Å². The molecular weight excluding hydrogens is 280 g/mol. The van der Waals surface area contributed by atoms with Crippen molar-refractivity contribution in [2.45, 2.75) is 51.0 Å². The lowest BCUT2D eigenvalue weighted by atomic mass is 9.78. The highest BCUT2D eigenvalue weighted by atomic mass is 32.2. The second kappa shape index (κ2) is 7.21. The van der Waals surface area contributed by atoms with Crippen LogP contribution in [0.1, 0.15) is 38.7 Å². The molecule has 3 atom stereocenters. The summed E-state index contributed by atoms with van der Waals surface area (Å²) in [6.45, 7) is 6.55. The van der Waals surface area contributed by atoms with Gasteiger partial charge in [-0.1, -0.05) is 32.8 Å². The van der Waals surface area contributed by atoms with E-state index in [2.05, 4.69) is 19.2 Å². The normalized spacial score (nSPS) is 25.6. The maximum Gasteiger partial charge on any atom is 0.230 e. The number of benzene rings is 1. The lowest BCUT2D eigenvalue weighted by Crippen LogP contribution is -2.44. The van der Waals surface area contributed by atoms with Crippen LogP contribution in [0.3, 0.4) is 0 Å². The first-order valence-corrected chi connectivity index (χ1v) is 8.74. The molecule has 4 heteroatoms. The Morgan fingerprint density at radius 1 is 1.38 bits per heavy atom. The molecule has 2 rings (SSSR count). The average molecular weight is 306 g/mol. The van der Waals surface area contributed by atoms with E-state index in [1.165, 1.54) is 24.6 Å². The number of aryl methyl sites for hydroxylation is 1. The number of carbonyl (C=O) groups is 1. The van der Waals surface area contributed by atoms with Gasteiger partial charge in [0.2, 0.25) is 5.91 Å². The first-order chi connectivity index (χ1) is 9.97. The van der Waals surface area contributed by atoms with Gasteiger partial charge >= 0.3 is 0 Å². The van der Waals surface area contributed by atoms with Crippen LogP contribution in [0.15, 0.2) is 23.1 Å². The Bertz CT molecular complexity index is 504. The van der Waals surface area contributed by atoms with Crippen molar-refractivity contribution >= 4 is 23.4 Å². The number of amides is 1. The first kappa shape index (κ1) is 16.2. The molecule has 0 radical (unpaired) electrons. The number of nitrogen functional groups attached to an aromatic ring is 1. The minimum absolute atomic E-state index is 0.117. The van der Waals surface area contributed by atoms with Crippen molar-refractivity contribution in [1.82, 2.24) is 5.32 Å². The molecule has 0 bridgehead atoms. The van der Waals surface area contributed by atoms with Crippen LogP contribution in [0, 0.1) is 18.8 Å². The second-order valence-electron chi connectivity index (χ2n) is 6.27. The Hall–Kier alpha value is -1.16. The number of nitrogens with one attached hydrogen (secondary N) is 1. The molecule has 116 valence electrons. The Balaban J connectivity index is 1.84. The van der Waals surface area contributed by atoms with Gasteiger partial charge in [0, 0.05) is 16.6 Å². The minimum atomic E-state index is 0.117. The van der Waals surface area contributed by atoms with Gasteiger partial charge in [-0.2, -0.15) is 0 Å². The van der Waals surface area contributed by atoms with E-state index in [4.69, 9.17) is 5.73 Å². The molecule has 21 heavy (non-hydrogen) atoms. The van der Waals surface area contributed by atoms with Gasteiger partial charge in [-0.25, -0.2) is 0 Å². The Morgan fingerprint density at radius 3 is 2.86 bits per heavy atom. The summed E-state index contributed by atoms with van der Waals surface area (Å²) in [6.07, 6.45) is 3.60. The summed E-state index contributed by atoms with van der Waals surface area (Å²) < 4.78 is 0. The molecule has 0 saturated heterocycles. The fourth-order valence-electron chi connectivity index (χ4n) is 2.98. The third-order valence-electron chi connectivity index (χ3n) is 4.58. The zero-order valence-corrected chi connectivity index (χ0v) is 14.0. The van der Waals surface area contributed by atoms with Gasteiger partial charge in [-0.3, -0.25) is 4.79 Å². The smallest absolute Gasteiger partial charge is 0.230 e. The molecule has 1 saturated carbocycles. The van der Waals surface area contributed by atoms with Gasteiger partial charge in [0.1, 0.15) is 0 Å². The summed E-state index contributed by atoms with van der Waals surface area (Å²) in [6, 6.07) is 6.30. The molecule has 3 N–H and O–H groups in total. The Kier molecular flexibility index (Phi) is 5.57. The van der Waals surface area contributed by atoms with E-state index < -0.39 is 0 Å². The fraction of sp³-hybridized carbons (Fsp3) is 0.588. The zero-order chi connectivity index (χ0) is 15.4. The maximum atomic E-state index is 12.1. The van der Waals surface area contributed by atoms with Gasteiger partial charge in [0.05, 0.1) is 5.75 Å². The van der Waals surface area contributed by atoms with Crippen LogP contribution in [-0.2, 0) is 4.79 Å². The lowest BCUT2D eigenvalue weighted by Gasteiger charge is -2.34. The van der Waals surface area contributed by atoms with Crippen LogP contribution in [0.25, 0.3) is 0 Å². The molecule has 0 aromatic heterocycles. The highest BCUT2D eigenvalue weighted by Gasteiger charge is 2.27. The highest BCUT2D eigenvalue weighted by molar-refractivity contribution is 8.00. The fourth-order valence-corrected chi connectivity index (χ4v) is 3.74. The van der Waals surface area contributed by atoms with Gasteiger partial charge in [0.25, 0.3) is 0 Å². The topological polar surface area (TPSA) is 55.1 Å². The highest BCUT2D eigenvalue weighted by Crippen LogP contribution is 2.30. The standard InChI is InChI=1S/C17H26N2OS/c1-11-7-8-16(14(18)9-11)21-10-17(20)19-15-6-4-5-12(2)13(15)3/h7-9,12-13,15H,4-6,10,18H2,1-3H3,(H,19,20). The van der Waals surface area contributed by atoms with Gasteiger partial charge in [-0.05, 0) is 42.9 Å². The van der Waals surface area contributed by atoms with Crippen molar-refractivity contribution in [3.8, 4) is 0 Å². The Labute approximate surface area is 132 Å². The van der Waals surface area contributed by atoms with Crippen molar-refractivity contribution in [2.24, 2.45) is 11.8 Å². The van der Waals surface area contributed by atoms with Crippen LogP contribution in [0.2, 0.25) is 0 Å². The van der Waals surface area contributed by atoms with Crippen molar-refractivity contribution in [3.05, 3.63) is 23.8 Å². The average Bonchev–Trinajstić information content (AvgIpc) is 2.43. The van der Waals surface area contributed by atoms with Gasteiger partial charge < -0.3 is 11.1 Å². The van der Waals surface area contributed by atoms with Crippen molar-refractivity contribution in [2.75, 3.05) is 11.5 Å². The van der Waals surface area contributed by atoms with Crippen LogP contribution in [0.4, 0.5) is 5.69 Å². The van der Waals surface area contributed by atoms with E-state index in [1.807, 2.05) is 25.1 Å². The number of nitrogens with two attached hydrogens (primary N) is 1. The first-order valence-electron chi connectivity index (χ1n) is 7.75. The maximum absolute atomic E-state index is 12.1. The molecule has 3 nitrogen and oxygen atoms in total. The molecule has 1 aromatic rings. The largest absolute Gasteiger partial charge is 0.398 e. The summed E-state index contributed by atoms with van der Waals surface area (Å²) >= 11 is 1.52. The van der Waals surface area contributed by atoms with E-state index in [0.717, 1.165) is 22.6 Å². The number of thioether (sulfide) groups is 1. The van der Waals surface area contributed by atoms with Crippen LogP contribution >= 0.6 is 11.8 Å². The van der Waals surface area contributed by atoms with E-state index in [-0.39, 0.29) is 5.91 Å². The summed E-state index contributed by atoms with van der Waals surface area (Å²) in [5.74, 6) is 1.82. The molecule has 3 unspecified atom stereocenters. The van der Waals surface area contributed by atoms with Crippen molar-refractivity contribution in [3.63, 3.8) is 0 Å². The number of hydrogen-bond donors (Lipinski definition) is 2. The summed E-state index contributed by atoms with van der Waals surface area (Å²) in [7, 11) is 0. The molecule has 1 amide bonds. The van der Waals surface area contributed by atoms with E-state index in [0.29, 0.717) is 23.6 Å². The molecule has 1 aliphatic carbocycles. The molecule has 0 spiro atoms. The third kappa shape index (κ3) is 4.40. The molecule has 0 heterocycles. The second-order valence-corrected chi connectivity index (χ2v) is 7.29. The van der Waals surface area contributed by atoms with Gasteiger partial charge in [0.15, 0.2) is 0 Å². The number of rotatable bonds is 4. The monoisotopic (exact) mass is 306 g/mol. The lowest BCUT2D eigenvalue weighted by molar-refractivity contribution is -0.119. The number of hydrogen-bond acceptors (Lipinski definition) is 3. The van der Waals surface area contributed by atoms with E-state index in [1.54, 1.807) is 0 Å². The van der Waals surface area contributed by atoms with E-state index >= 15 is 0 Å². The summed E-state index contributed by atoms with van der Waals surface area (Å²) in [4.78, 5) is 13.1. The van der Waals surface area contributed by atoms with Crippen LogP contribution in [0.5, 0.6) is 0 Å². The molecule has 1 fully saturated rings. The predicted molar refractivity (Wildman–Crippen MR) is 90.4 cm³/mol. The SMILES string of the molecule is Cc1ccc(SCC(=O)NC2CCCC(C)C2C)c(N)c1. The molecule has 0 aliphatic heterocycles. The zero-order valence-electron chi connectivity index (χ0n) is 13.2.